The first-order chi connectivity index (χ1) is 13.0. The largest absolute Gasteiger partial charge is 0.458 e. The lowest BCUT2D eigenvalue weighted by atomic mass is 9.82. The Hall–Kier alpha value is -1.92. The molecule has 6 heteroatoms. The molecule has 1 fully saturated rings. The van der Waals surface area contributed by atoms with Crippen LogP contribution in [0.15, 0.2) is 35.5 Å². The number of esters is 2. The molecule has 0 aromatic rings. The van der Waals surface area contributed by atoms with Crippen LogP contribution in [-0.4, -0.2) is 46.1 Å². The fraction of sp³-hybridized carbons (Fsp3) is 0.636. The Morgan fingerprint density at radius 2 is 1.79 bits per heavy atom. The first kappa shape index (κ1) is 22.4. The smallest absolute Gasteiger partial charge is 0.334 e. The van der Waals surface area contributed by atoms with Gasteiger partial charge in [-0.3, -0.25) is 4.79 Å². The second-order valence-corrected chi connectivity index (χ2v) is 8.20. The van der Waals surface area contributed by atoms with Gasteiger partial charge in [-0.2, -0.15) is 0 Å². The van der Waals surface area contributed by atoms with Crippen LogP contribution < -0.4 is 0 Å². The van der Waals surface area contributed by atoms with Gasteiger partial charge in [-0.05, 0) is 63.5 Å². The summed E-state index contributed by atoms with van der Waals surface area (Å²) < 4.78 is 11.2. The van der Waals surface area contributed by atoms with Crippen LogP contribution >= 0.6 is 0 Å². The number of allylic oxidation sites excluding steroid dienone is 2. The van der Waals surface area contributed by atoms with Crippen molar-refractivity contribution in [2.24, 2.45) is 5.92 Å². The summed E-state index contributed by atoms with van der Waals surface area (Å²) in [5.74, 6) is -1.27. The average Bonchev–Trinajstić information content (AvgIpc) is 2.71. The molecule has 2 N–H and O–H groups in total. The Morgan fingerprint density at radius 1 is 1.21 bits per heavy atom. The van der Waals surface area contributed by atoms with Gasteiger partial charge in [0.2, 0.25) is 0 Å². The van der Waals surface area contributed by atoms with E-state index < -0.39 is 35.9 Å². The maximum atomic E-state index is 12.7. The van der Waals surface area contributed by atoms with Gasteiger partial charge >= 0.3 is 11.9 Å². The maximum Gasteiger partial charge on any atom is 0.334 e. The Labute approximate surface area is 166 Å². The van der Waals surface area contributed by atoms with E-state index in [1.807, 2.05) is 19.1 Å². The second kappa shape index (κ2) is 9.05. The minimum Gasteiger partial charge on any atom is -0.458 e. The zero-order valence-corrected chi connectivity index (χ0v) is 17.2. The molecule has 0 spiro atoms. The van der Waals surface area contributed by atoms with E-state index in [9.17, 15) is 19.8 Å². The molecule has 1 aliphatic heterocycles. The lowest BCUT2D eigenvalue weighted by molar-refractivity contribution is -0.182. The summed E-state index contributed by atoms with van der Waals surface area (Å²) in [6.45, 7) is 10.6. The Bertz CT molecular complexity index is 691. The van der Waals surface area contributed by atoms with E-state index >= 15 is 0 Å². The standard InChI is InChI=1S/C22H32O6/c1-13-7-6-8-14(2)19(25)12-20(27-16(4)23)22(5)10-9-17(11-18(13)24)15(3)21(26)28-22/h7-8,17-20,24-25H,3,6,9-12H2,1-2,4-5H3. The van der Waals surface area contributed by atoms with E-state index in [4.69, 9.17) is 9.47 Å². The fourth-order valence-electron chi connectivity index (χ4n) is 3.79. The number of rotatable bonds is 1. The molecule has 5 unspecified atom stereocenters. The molecule has 2 aliphatic rings. The average molecular weight is 392 g/mol. The molecule has 28 heavy (non-hydrogen) atoms. The summed E-state index contributed by atoms with van der Waals surface area (Å²) >= 11 is 0. The minimum absolute atomic E-state index is 0.133. The van der Waals surface area contributed by atoms with Gasteiger partial charge in [0.25, 0.3) is 0 Å². The number of carbonyl (C=O) groups is 2. The van der Waals surface area contributed by atoms with Crippen LogP contribution in [0.25, 0.3) is 0 Å². The number of aliphatic hydroxyl groups excluding tert-OH is 2. The lowest BCUT2D eigenvalue weighted by Gasteiger charge is -2.36. The van der Waals surface area contributed by atoms with E-state index in [2.05, 4.69) is 6.58 Å². The Morgan fingerprint density at radius 3 is 2.36 bits per heavy atom. The van der Waals surface area contributed by atoms with Crippen molar-refractivity contribution in [2.75, 3.05) is 0 Å². The molecule has 2 bridgehead atoms. The van der Waals surface area contributed by atoms with Gasteiger partial charge in [0.1, 0.15) is 11.7 Å². The quantitative estimate of drug-likeness (QED) is 0.405. The summed E-state index contributed by atoms with van der Waals surface area (Å²) in [4.78, 5) is 24.3. The van der Waals surface area contributed by atoms with E-state index in [0.717, 1.165) is 11.1 Å². The number of hydrogen-bond acceptors (Lipinski definition) is 6. The Kier molecular flexibility index (Phi) is 7.23. The molecular weight excluding hydrogens is 360 g/mol. The van der Waals surface area contributed by atoms with Gasteiger partial charge in [-0.15, -0.1) is 0 Å². The van der Waals surface area contributed by atoms with Gasteiger partial charge in [0.05, 0.1) is 12.2 Å². The van der Waals surface area contributed by atoms with Crippen LogP contribution in [0, 0.1) is 5.92 Å². The minimum atomic E-state index is -1.08. The van der Waals surface area contributed by atoms with E-state index in [0.29, 0.717) is 31.3 Å². The fourth-order valence-corrected chi connectivity index (χ4v) is 3.79. The van der Waals surface area contributed by atoms with Crippen molar-refractivity contribution in [3.63, 3.8) is 0 Å². The van der Waals surface area contributed by atoms with Crippen LogP contribution in [0.4, 0.5) is 0 Å². The molecule has 0 radical (unpaired) electrons. The van der Waals surface area contributed by atoms with Crippen molar-refractivity contribution >= 4 is 11.9 Å². The highest BCUT2D eigenvalue weighted by atomic mass is 16.6. The molecule has 2 rings (SSSR count). The normalized spacial score (nSPS) is 35.2. The molecule has 1 aliphatic carbocycles. The summed E-state index contributed by atoms with van der Waals surface area (Å²) in [5.41, 5.74) is 0.795. The van der Waals surface area contributed by atoms with E-state index in [1.54, 1.807) is 13.8 Å². The first-order valence-electron chi connectivity index (χ1n) is 9.82. The third kappa shape index (κ3) is 5.32. The molecule has 0 saturated carbocycles. The summed E-state index contributed by atoms with van der Waals surface area (Å²) in [6.07, 6.45) is 3.57. The number of aliphatic hydroxyl groups is 2. The number of fused-ring (bicyclic) bond motifs is 3. The predicted molar refractivity (Wildman–Crippen MR) is 105 cm³/mol. The van der Waals surface area contributed by atoms with Crippen molar-refractivity contribution in [3.8, 4) is 0 Å². The first-order valence-corrected chi connectivity index (χ1v) is 9.82. The Balaban J connectivity index is 2.47. The summed E-state index contributed by atoms with van der Waals surface area (Å²) in [7, 11) is 0. The van der Waals surface area contributed by atoms with Crippen molar-refractivity contribution in [2.45, 2.75) is 83.7 Å². The molecule has 6 nitrogen and oxygen atoms in total. The van der Waals surface area contributed by atoms with Crippen molar-refractivity contribution in [1.82, 2.24) is 0 Å². The van der Waals surface area contributed by atoms with Gasteiger partial charge in [0.15, 0.2) is 0 Å². The highest BCUT2D eigenvalue weighted by Gasteiger charge is 2.45. The molecular formula is C22H32O6. The van der Waals surface area contributed by atoms with Crippen molar-refractivity contribution < 1.29 is 29.3 Å². The molecule has 0 aromatic carbocycles. The zero-order chi connectivity index (χ0) is 21.1. The molecule has 1 saturated heterocycles. The van der Waals surface area contributed by atoms with Crippen LogP contribution in [-0.2, 0) is 19.1 Å². The summed E-state index contributed by atoms with van der Waals surface area (Å²) in [5, 5.41) is 21.2. The van der Waals surface area contributed by atoms with Crippen LogP contribution in [0.3, 0.4) is 0 Å². The number of carbonyl (C=O) groups excluding carboxylic acids is 2. The van der Waals surface area contributed by atoms with Gasteiger partial charge in [-0.1, -0.05) is 18.7 Å². The number of ether oxygens (including phenoxy) is 2. The lowest BCUT2D eigenvalue weighted by Crippen LogP contribution is -2.47. The van der Waals surface area contributed by atoms with Crippen LogP contribution in [0.2, 0.25) is 0 Å². The molecule has 0 aromatic heterocycles. The molecule has 5 atom stereocenters. The highest BCUT2D eigenvalue weighted by Crippen LogP contribution is 2.38. The SMILES string of the molecule is C=C1C(=O)OC2(C)CCC1CC(O)C(C)=CCC=C(C)C(O)CC2OC(C)=O. The van der Waals surface area contributed by atoms with Crippen molar-refractivity contribution in [3.05, 3.63) is 35.5 Å². The van der Waals surface area contributed by atoms with Crippen LogP contribution in [0.1, 0.15) is 59.8 Å². The van der Waals surface area contributed by atoms with Gasteiger partial charge < -0.3 is 19.7 Å². The number of hydrogen-bond donors (Lipinski definition) is 2. The predicted octanol–water partition coefficient (Wildman–Crippen LogP) is 2.98. The maximum absolute atomic E-state index is 12.7. The third-order valence-electron chi connectivity index (χ3n) is 5.94. The zero-order valence-electron chi connectivity index (χ0n) is 17.2. The molecule has 156 valence electrons. The van der Waals surface area contributed by atoms with E-state index in [-0.39, 0.29) is 12.3 Å². The van der Waals surface area contributed by atoms with Gasteiger partial charge in [0, 0.05) is 18.9 Å². The van der Waals surface area contributed by atoms with Crippen molar-refractivity contribution in [1.29, 1.82) is 0 Å². The highest BCUT2D eigenvalue weighted by molar-refractivity contribution is 5.89. The monoisotopic (exact) mass is 392 g/mol. The van der Waals surface area contributed by atoms with Gasteiger partial charge in [-0.25, -0.2) is 4.79 Å². The molecule has 1 heterocycles. The second-order valence-electron chi connectivity index (χ2n) is 8.20. The third-order valence-corrected chi connectivity index (χ3v) is 5.94. The topological polar surface area (TPSA) is 93.1 Å². The van der Waals surface area contributed by atoms with E-state index in [1.165, 1.54) is 6.92 Å². The summed E-state index contributed by atoms with van der Waals surface area (Å²) in [6, 6.07) is 0. The molecule has 0 amide bonds. The van der Waals surface area contributed by atoms with Crippen LogP contribution in [0.5, 0.6) is 0 Å².